The van der Waals surface area contributed by atoms with Crippen LogP contribution < -0.4 is 5.32 Å². The first-order valence-electron chi connectivity index (χ1n) is 7.56. The Morgan fingerprint density at radius 2 is 1.85 bits per heavy atom. The van der Waals surface area contributed by atoms with Gasteiger partial charge in [0, 0.05) is 30.7 Å². The summed E-state index contributed by atoms with van der Waals surface area (Å²) in [4.78, 5) is 12.5. The molecule has 0 aromatic heterocycles. The summed E-state index contributed by atoms with van der Waals surface area (Å²) in [5.41, 5.74) is 0.310. The maximum Gasteiger partial charge on any atom is 0.242 e. The van der Waals surface area contributed by atoms with Gasteiger partial charge in [0.1, 0.15) is 11.6 Å². The van der Waals surface area contributed by atoms with E-state index in [4.69, 9.17) is 0 Å². The normalized spacial score (nSPS) is 12.8. The lowest BCUT2D eigenvalue weighted by Crippen LogP contribution is -2.24. The van der Waals surface area contributed by atoms with Gasteiger partial charge in [-0.1, -0.05) is 6.07 Å². The van der Waals surface area contributed by atoms with Gasteiger partial charge in [0.25, 0.3) is 0 Å². The summed E-state index contributed by atoms with van der Waals surface area (Å²) in [5.74, 6) is -1.87. The Morgan fingerprint density at radius 1 is 1.15 bits per heavy atom. The van der Waals surface area contributed by atoms with Crippen molar-refractivity contribution in [1.29, 1.82) is 0 Å². The zero-order valence-electron chi connectivity index (χ0n) is 14.4. The third-order valence-electron chi connectivity index (χ3n) is 3.45. The molecule has 2 aromatic carbocycles. The number of halogens is 2. The van der Waals surface area contributed by atoms with E-state index in [0.29, 0.717) is 5.69 Å². The predicted octanol–water partition coefficient (Wildman–Crippen LogP) is 3.33. The number of carbonyl (C=O) groups is 1. The summed E-state index contributed by atoms with van der Waals surface area (Å²) in [5, 5.41) is 1.93. The van der Waals surface area contributed by atoms with Crippen molar-refractivity contribution < 1.29 is 22.0 Å². The molecule has 0 fully saturated rings. The number of hydrogen-bond acceptors (Lipinski definition) is 4. The molecule has 0 aliphatic carbocycles. The van der Waals surface area contributed by atoms with Gasteiger partial charge < -0.3 is 5.32 Å². The molecule has 0 heterocycles. The van der Waals surface area contributed by atoms with Crippen LogP contribution in [-0.4, -0.2) is 38.0 Å². The molecule has 0 radical (unpaired) electrons. The van der Waals surface area contributed by atoms with Gasteiger partial charge in [0.15, 0.2) is 0 Å². The molecule has 1 amide bonds. The number of thioether (sulfide) groups is 1. The predicted molar refractivity (Wildman–Crippen MR) is 97.6 cm³/mol. The Labute approximate surface area is 155 Å². The molecule has 1 atom stereocenters. The lowest BCUT2D eigenvalue weighted by Gasteiger charge is -2.15. The fraction of sp³-hybridized carbons (Fsp3) is 0.235. The van der Waals surface area contributed by atoms with Gasteiger partial charge in [-0.3, -0.25) is 4.79 Å². The summed E-state index contributed by atoms with van der Waals surface area (Å²) in [7, 11) is -0.795. The van der Waals surface area contributed by atoms with Crippen LogP contribution in [0, 0.1) is 11.6 Å². The molecule has 0 saturated carbocycles. The number of anilines is 1. The highest BCUT2D eigenvalue weighted by molar-refractivity contribution is 8.00. The molecule has 0 unspecified atom stereocenters. The van der Waals surface area contributed by atoms with Gasteiger partial charge >= 0.3 is 0 Å². The Kier molecular flexibility index (Phi) is 6.38. The average Bonchev–Trinajstić information content (AvgIpc) is 2.57. The van der Waals surface area contributed by atoms with Gasteiger partial charge in [-0.2, -0.15) is 0 Å². The van der Waals surface area contributed by atoms with E-state index in [0.717, 1.165) is 28.2 Å². The summed E-state index contributed by atoms with van der Waals surface area (Å²) < 4.78 is 52.0. The van der Waals surface area contributed by atoms with E-state index < -0.39 is 32.8 Å². The second kappa shape index (κ2) is 8.15. The van der Waals surface area contributed by atoms with Crippen molar-refractivity contribution >= 4 is 33.4 Å². The summed E-state index contributed by atoms with van der Waals surface area (Å²) in [6, 6.07) is 8.99. The fourth-order valence-corrected chi connectivity index (χ4v) is 3.82. The van der Waals surface area contributed by atoms with Crippen LogP contribution in [0.2, 0.25) is 0 Å². The number of benzene rings is 2. The molecule has 140 valence electrons. The monoisotopic (exact) mass is 400 g/mol. The minimum Gasteiger partial charge on any atom is -0.325 e. The minimum absolute atomic E-state index is 0.0465. The van der Waals surface area contributed by atoms with E-state index in [-0.39, 0.29) is 9.79 Å². The molecule has 2 aromatic rings. The molecule has 1 N–H and O–H groups in total. The first kappa shape index (κ1) is 20.3. The fourth-order valence-electron chi connectivity index (χ4n) is 2.00. The summed E-state index contributed by atoms with van der Waals surface area (Å²) in [6.45, 7) is 1.57. The third-order valence-corrected chi connectivity index (χ3v) is 6.41. The molecule has 0 bridgehead atoms. The zero-order chi connectivity index (χ0) is 19.5. The van der Waals surface area contributed by atoms with Gasteiger partial charge in [-0.25, -0.2) is 21.5 Å². The number of nitrogens with one attached hydrogen (secondary N) is 1. The second-order valence-corrected chi connectivity index (χ2v) is 9.17. The van der Waals surface area contributed by atoms with Crippen LogP contribution in [0.1, 0.15) is 6.92 Å². The van der Waals surface area contributed by atoms with E-state index >= 15 is 0 Å². The van der Waals surface area contributed by atoms with Gasteiger partial charge in [-0.05, 0) is 37.3 Å². The van der Waals surface area contributed by atoms with Crippen LogP contribution in [0.25, 0.3) is 0 Å². The van der Waals surface area contributed by atoms with Gasteiger partial charge in [-0.15, -0.1) is 11.8 Å². The number of carbonyl (C=O) groups excluding carboxylic acids is 1. The van der Waals surface area contributed by atoms with Crippen molar-refractivity contribution in [2.45, 2.75) is 22.0 Å². The number of amides is 1. The SMILES string of the molecule is C[C@H](Sc1ccc(F)cc1F)C(=O)Nc1cccc(S(=O)(=O)N(C)C)c1. The zero-order valence-corrected chi connectivity index (χ0v) is 16.0. The Morgan fingerprint density at radius 3 is 2.46 bits per heavy atom. The summed E-state index contributed by atoms with van der Waals surface area (Å²) >= 11 is 0.941. The third kappa shape index (κ3) is 4.80. The molecule has 0 saturated heterocycles. The minimum atomic E-state index is -3.62. The molecule has 0 aliphatic heterocycles. The standard InChI is InChI=1S/C17H18F2N2O3S2/c1-11(25-16-8-7-12(18)9-15(16)19)17(22)20-13-5-4-6-14(10-13)26(23,24)21(2)3/h4-11H,1-3H3,(H,20,22)/t11-/m0/s1. The lowest BCUT2D eigenvalue weighted by molar-refractivity contribution is -0.115. The highest BCUT2D eigenvalue weighted by Gasteiger charge is 2.20. The van der Waals surface area contributed by atoms with Crippen molar-refractivity contribution in [3.63, 3.8) is 0 Å². The average molecular weight is 400 g/mol. The van der Waals surface area contributed by atoms with E-state index in [9.17, 15) is 22.0 Å². The highest BCUT2D eigenvalue weighted by Crippen LogP contribution is 2.27. The van der Waals surface area contributed by atoms with E-state index in [1.165, 1.54) is 38.4 Å². The van der Waals surface area contributed by atoms with E-state index in [1.807, 2.05) is 0 Å². The van der Waals surface area contributed by atoms with Gasteiger partial charge in [0.05, 0.1) is 10.1 Å². The Bertz CT molecular complexity index is 918. The molecular weight excluding hydrogens is 382 g/mol. The summed E-state index contributed by atoms with van der Waals surface area (Å²) in [6.07, 6.45) is 0. The molecule has 0 aliphatic rings. The van der Waals surface area contributed by atoms with Crippen molar-refractivity contribution in [1.82, 2.24) is 4.31 Å². The number of rotatable bonds is 6. The number of nitrogens with zero attached hydrogens (tertiary/aromatic N) is 1. The molecular formula is C17H18F2N2O3S2. The largest absolute Gasteiger partial charge is 0.325 e. The van der Waals surface area contributed by atoms with Crippen LogP contribution >= 0.6 is 11.8 Å². The van der Waals surface area contributed by atoms with Crippen LogP contribution in [0.4, 0.5) is 14.5 Å². The van der Waals surface area contributed by atoms with Crippen LogP contribution in [0.5, 0.6) is 0 Å². The molecule has 2 rings (SSSR count). The first-order chi connectivity index (χ1) is 12.1. The van der Waals surface area contributed by atoms with E-state index in [1.54, 1.807) is 13.0 Å². The van der Waals surface area contributed by atoms with Crippen molar-refractivity contribution in [3.8, 4) is 0 Å². The van der Waals surface area contributed by atoms with Crippen LogP contribution in [-0.2, 0) is 14.8 Å². The Balaban J connectivity index is 2.12. The first-order valence-corrected chi connectivity index (χ1v) is 9.88. The van der Waals surface area contributed by atoms with E-state index in [2.05, 4.69) is 5.32 Å². The highest BCUT2D eigenvalue weighted by atomic mass is 32.2. The van der Waals surface area contributed by atoms with Crippen LogP contribution in [0.3, 0.4) is 0 Å². The van der Waals surface area contributed by atoms with Crippen molar-refractivity contribution in [3.05, 3.63) is 54.1 Å². The van der Waals surface area contributed by atoms with Gasteiger partial charge in [0.2, 0.25) is 15.9 Å². The van der Waals surface area contributed by atoms with Crippen LogP contribution in [0.15, 0.2) is 52.3 Å². The maximum absolute atomic E-state index is 13.7. The lowest BCUT2D eigenvalue weighted by atomic mass is 10.3. The molecule has 26 heavy (non-hydrogen) atoms. The number of sulfonamides is 1. The molecule has 9 heteroatoms. The Hall–Kier alpha value is -1.97. The van der Waals surface area contributed by atoms with Crippen molar-refractivity contribution in [2.24, 2.45) is 0 Å². The topological polar surface area (TPSA) is 66.5 Å². The quantitative estimate of drug-likeness (QED) is 0.756. The molecule has 0 spiro atoms. The number of hydrogen-bond donors (Lipinski definition) is 1. The molecule has 5 nitrogen and oxygen atoms in total. The van der Waals surface area contributed by atoms with Crippen molar-refractivity contribution in [2.75, 3.05) is 19.4 Å². The smallest absolute Gasteiger partial charge is 0.242 e. The maximum atomic E-state index is 13.7. The second-order valence-electron chi connectivity index (χ2n) is 5.64.